The molecule has 1 amide bonds. The molecule has 0 saturated carbocycles. The SMILES string of the molecule is CCOC(=O)Cc1csc(N2CC[C@@H](NC(=O)OCc3ccccc3)[C@@H](OC)C2)n1. The molecule has 2 atom stereocenters. The van der Waals surface area contributed by atoms with Gasteiger partial charge in [0.15, 0.2) is 5.13 Å². The molecule has 1 fully saturated rings. The van der Waals surface area contributed by atoms with Crippen molar-refractivity contribution < 1.29 is 23.8 Å². The maximum Gasteiger partial charge on any atom is 0.407 e. The number of anilines is 1. The number of amides is 1. The zero-order chi connectivity index (χ0) is 21.3. The van der Waals surface area contributed by atoms with E-state index in [1.165, 1.54) is 11.3 Å². The Bertz CT molecular complexity index is 829. The lowest BCUT2D eigenvalue weighted by Gasteiger charge is -2.37. The number of esters is 1. The lowest BCUT2D eigenvalue weighted by Crippen LogP contribution is -2.55. The Labute approximate surface area is 180 Å². The summed E-state index contributed by atoms with van der Waals surface area (Å²) in [4.78, 5) is 30.5. The molecule has 30 heavy (non-hydrogen) atoms. The number of carbonyl (C=O) groups excluding carboxylic acids is 2. The van der Waals surface area contributed by atoms with Gasteiger partial charge in [-0.2, -0.15) is 0 Å². The molecule has 1 aromatic heterocycles. The third-order valence-electron chi connectivity index (χ3n) is 4.82. The maximum atomic E-state index is 12.2. The first-order valence-corrected chi connectivity index (χ1v) is 10.8. The Balaban J connectivity index is 1.50. The van der Waals surface area contributed by atoms with Gasteiger partial charge in [0, 0.05) is 25.6 Å². The van der Waals surface area contributed by atoms with E-state index in [9.17, 15) is 9.59 Å². The number of carbonyl (C=O) groups is 2. The minimum absolute atomic E-state index is 0.145. The fourth-order valence-electron chi connectivity index (χ4n) is 3.29. The largest absolute Gasteiger partial charge is 0.466 e. The van der Waals surface area contributed by atoms with Crippen molar-refractivity contribution in [1.29, 1.82) is 0 Å². The zero-order valence-electron chi connectivity index (χ0n) is 17.2. The van der Waals surface area contributed by atoms with Crippen LogP contribution in [-0.2, 0) is 32.0 Å². The van der Waals surface area contributed by atoms with Crippen molar-refractivity contribution in [3.05, 3.63) is 47.0 Å². The smallest absolute Gasteiger partial charge is 0.407 e. The number of methoxy groups -OCH3 is 1. The third-order valence-corrected chi connectivity index (χ3v) is 5.77. The molecule has 162 valence electrons. The van der Waals surface area contributed by atoms with Crippen LogP contribution in [0.1, 0.15) is 24.6 Å². The summed E-state index contributed by atoms with van der Waals surface area (Å²) in [6.45, 7) is 3.68. The molecular weight excluding hydrogens is 406 g/mol. The molecule has 2 aromatic rings. The molecule has 0 bridgehead atoms. The topological polar surface area (TPSA) is 90.0 Å². The Kier molecular flexibility index (Phi) is 8.04. The second kappa shape index (κ2) is 10.9. The van der Waals surface area contributed by atoms with Crippen molar-refractivity contribution in [2.24, 2.45) is 0 Å². The Morgan fingerprint density at radius 3 is 2.80 bits per heavy atom. The maximum absolute atomic E-state index is 12.2. The second-order valence-corrected chi connectivity index (χ2v) is 7.76. The van der Waals surface area contributed by atoms with E-state index in [-0.39, 0.29) is 31.1 Å². The number of hydrogen-bond donors (Lipinski definition) is 1. The predicted octanol–water partition coefficient (Wildman–Crippen LogP) is 2.77. The van der Waals surface area contributed by atoms with E-state index in [0.717, 1.165) is 17.2 Å². The molecule has 1 saturated heterocycles. The fourth-order valence-corrected chi connectivity index (χ4v) is 4.16. The lowest BCUT2D eigenvalue weighted by molar-refractivity contribution is -0.142. The van der Waals surface area contributed by atoms with Crippen LogP contribution in [-0.4, -0.2) is 56.0 Å². The van der Waals surface area contributed by atoms with Crippen molar-refractivity contribution in [3.8, 4) is 0 Å². The Morgan fingerprint density at radius 1 is 1.27 bits per heavy atom. The van der Waals surface area contributed by atoms with E-state index < -0.39 is 6.09 Å². The Hall–Kier alpha value is -2.65. The van der Waals surface area contributed by atoms with Crippen LogP contribution in [0.3, 0.4) is 0 Å². The van der Waals surface area contributed by atoms with Crippen LogP contribution in [0, 0.1) is 0 Å². The van der Waals surface area contributed by atoms with Crippen LogP contribution in [0.2, 0.25) is 0 Å². The molecule has 0 spiro atoms. The molecule has 1 N–H and O–H groups in total. The average molecular weight is 434 g/mol. The van der Waals surface area contributed by atoms with Gasteiger partial charge in [0.25, 0.3) is 0 Å². The third kappa shape index (κ3) is 6.17. The zero-order valence-corrected chi connectivity index (χ0v) is 18.0. The van der Waals surface area contributed by atoms with E-state index >= 15 is 0 Å². The summed E-state index contributed by atoms with van der Waals surface area (Å²) >= 11 is 1.49. The summed E-state index contributed by atoms with van der Waals surface area (Å²) in [6, 6.07) is 9.41. The molecule has 1 aliphatic heterocycles. The standard InChI is InChI=1S/C21H27N3O5S/c1-3-28-19(25)11-16-14-30-20(22-16)24-10-9-17(18(12-24)27-2)23-21(26)29-13-15-7-5-4-6-8-15/h4-8,14,17-18H,3,9-13H2,1-2H3,(H,23,26)/t17-,18+/m1/s1. The molecule has 0 aliphatic carbocycles. The van der Waals surface area contributed by atoms with Gasteiger partial charge in [0.2, 0.25) is 0 Å². The van der Waals surface area contributed by atoms with Gasteiger partial charge in [-0.25, -0.2) is 9.78 Å². The Morgan fingerprint density at radius 2 is 2.07 bits per heavy atom. The molecule has 3 rings (SSSR count). The number of nitrogens with one attached hydrogen (secondary N) is 1. The van der Waals surface area contributed by atoms with Crippen molar-refractivity contribution in [2.75, 3.05) is 31.7 Å². The summed E-state index contributed by atoms with van der Waals surface area (Å²) in [5, 5.41) is 5.63. The highest BCUT2D eigenvalue weighted by Crippen LogP contribution is 2.25. The summed E-state index contributed by atoms with van der Waals surface area (Å²) in [5.41, 5.74) is 1.64. The first kappa shape index (κ1) is 22.0. The van der Waals surface area contributed by atoms with Crippen molar-refractivity contribution in [3.63, 3.8) is 0 Å². The summed E-state index contributed by atoms with van der Waals surface area (Å²) in [5.74, 6) is -0.277. The minimum atomic E-state index is -0.453. The van der Waals surface area contributed by atoms with Gasteiger partial charge in [-0.15, -0.1) is 11.3 Å². The lowest BCUT2D eigenvalue weighted by atomic mass is 10.0. The number of rotatable bonds is 8. The first-order valence-electron chi connectivity index (χ1n) is 9.94. The summed E-state index contributed by atoms with van der Waals surface area (Å²) in [6.07, 6.45) is 0.223. The number of alkyl carbamates (subject to hydrolysis) is 1. The van der Waals surface area contributed by atoms with Gasteiger partial charge in [0.05, 0.1) is 30.9 Å². The fraction of sp³-hybridized carbons (Fsp3) is 0.476. The van der Waals surface area contributed by atoms with Gasteiger partial charge in [-0.05, 0) is 18.9 Å². The number of benzene rings is 1. The van der Waals surface area contributed by atoms with Crippen LogP contribution in [0.5, 0.6) is 0 Å². The van der Waals surface area contributed by atoms with Gasteiger partial charge >= 0.3 is 12.1 Å². The van der Waals surface area contributed by atoms with Crippen LogP contribution in [0.25, 0.3) is 0 Å². The first-order chi connectivity index (χ1) is 14.6. The van der Waals surface area contributed by atoms with E-state index in [2.05, 4.69) is 15.2 Å². The molecular formula is C21H27N3O5S. The van der Waals surface area contributed by atoms with E-state index in [4.69, 9.17) is 14.2 Å². The van der Waals surface area contributed by atoms with Crippen LogP contribution in [0.4, 0.5) is 9.93 Å². The molecule has 0 radical (unpaired) electrons. The quantitative estimate of drug-likeness (QED) is 0.640. The highest BCUT2D eigenvalue weighted by atomic mass is 32.1. The molecule has 8 nitrogen and oxygen atoms in total. The summed E-state index contributed by atoms with van der Waals surface area (Å²) < 4.78 is 15.9. The minimum Gasteiger partial charge on any atom is -0.466 e. The van der Waals surface area contributed by atoms with Crippen LogP contribution >= 0.6 is 11.3 Å². The number of ether oxygens (including phenoxy) is 3. The number of piperidine rings is 1. The number of nitrogens with zero attached hydrogens (tertiary/aromatic N) is 2. The molecule has 1 aromatic carbocycles. The molecule has 2 heterocycles. The van der Waals surface area contributed by atoms with Gasteiger partial charge in [-0.3, -0.25) is 4.79 Å². The average Bonchev–Trinajstić information content (AvgIpc) is 3.22. The van der Waals surface area contributed by atoms with Gasteiger partial charge < -0.3 is 24.4 Å². The van der Waals surface area contributed by atoms with Gasteiger partial charge in [0.1, 0.15) is 6.61 Å². The normalized spacial score (nSPS) is 18.7. The second-order valence-electron chi connectivity index (χ2n) is 6.92. The molecule has 9 heteroatoms. The predicted molar refractivity (Wildman–Crippen MR) is 114 cm³/mol. The van der Waals surface area contributed by atoms with Crippen molar-refractivity contribution in [2.45, 2.75) is 38.5 Å². The van der Waals surface area contributed by atoms with Gasteiger partial charge in [-0.1, -0.05) is 30.3 Å². The highest BCUT2D eigenvalue weighted by molar-refractivity contribution is 7.13. The number of aromatic nitrogens is 1. The molecule has 1 aliphatic rings. The van der Waals surface area contributed by atoms with Crippen LogP contribution < -0.4 is 10.2 Å². The van der Waals surface area contributed by atoms with E-state index in [0.29, 0.717) is 25.3 Å². The number of thiazole rings is 1. The summed E-state index contributed by atoms with van der Waals surface area (Å²) in [7, 11) is 1.63. The van der Waals surface area contributed by atoms with E-state index in [1.807, 2.05) is 35.7 Å². The molecule has 0 unspecified atom stereocenters. The monoisotopic (exact) mass is 433 g/mol. The van der Waals surface area contributed by atoms with E-state index in [1.54, 1.807) is 14.0 Å². The van der Waals surface area contributed by atoms with Crippen molar-refractivity contribution >= 4 is 28.5 Å². The number of hydrogen-bond acceptors (Lipinski definition) is 8. The van der Waals surface area contributed by atoms with Crippen molar-refractivity contribution in [1.82, 2.24) is 10.3 Å². The highest BCUT2D eigenvalue weighted by Gasteiger charge is 2.32. The van der Waals surface area contributed by atoms with Crippen LogP contribution in [0.15, 0.2) is 35.7 Å².